The predicted molar refractivity (Wildman–Crippen MR) is 92.8 cm³/mol. The SMILES string of the molecule is CCCCCCCCCCCCCC(=O)N(C)OC(C)=O.[NaH]. The summed E-state index contributed by atoms with van der Waals surface area (Å²) in [7, 11) is 1.49. The Bertz CT molecular complexity index is 285. The van der Waals surface area contributed by atoms with E-state index in [0.717, 1.165) is 17.9 Å². The Morgan fingerprint density at radius 1 is 0.818 bits per heavy atom. The number of carbonyl (C=O) groups excluding carboxylic acids is 2. The summed E-state index contributed by atoms with van der Waals surface area (Å²) in [6.45, 7) is 3.54. The van der Waals surface area contributed by atoms with Gasteiger partial charge in [-0.15, -0.1) is 0 Å². The summed E-state index contributed by atoms with van der Waals surface area (Å²) in [6.07, 6.45) is 14.3. The van der Waals surface area contributed by atoms with E-state index in [1.54, 1.807) is 0 Å². The molecule has 0 atom stereocenters. The predicted octanol–water partition coefficient (Wildman–Crippen LogP) is 3.98. The molecule has 0 spiro atoms. The third-order valence-corrected chi connectivity index (χ3v) is 3.61. The van der Waals surface area contributed by atoms with Gasteiger partial charge in [0.25, 0.3) is 5.91 Å². The average molecular weight is 323 g/mol. The van der Waals surface area contributed by atoms with Gasteiger partial charge in [-0.25, -0.2) is 0 Å². The fourth-order valence-electron chi connectivity index (χ4n) is 2.34. The number of rotatable bonds is 12. The second-order valence-electron chi connectivity index (χ2n) is 5.76. The van der Waals surface area contributed by atoms with Gasteiger partial charge in [-0.05, 0) is 6.42 Å². The maximum absolute atomic E-state index is 11.6. The second-order valence-corrected chi connectivity index (χ2v) is 5.76. The van der Waals surface area contributed by atoms with Crippen LogP contribution in [0.3, 0.4) is 0 Å². The summed E-state index contributed by atoms with van der Waals surface area (Å²) < 4.78 is 0. The monoisotopic (exact) mass is 323 g/mol. The molecule has 0 aromatic heterocycles. The molecule has 0 bridgehead atoms. The molecule has 0 aliphatic carbocycles. The molecule has 0 aromatic carbocycles. The van der Waals surface area contributed by atoms with Crippen LogP contribution in [0.5, 0.6) is 0 Å². The molecule has 0 rings (SSSR count). The van der Waals surface area contributed by atoms with E-state index in [1.165, 1.54) is 71.8 Å². The van der Waals surface area contributed by atoms with Crippen molar-refractivity contribution in [2.24, 2.45) is 0 Å². The van der Waals surface area contributed by atoms with Crippen molar-refractivity contribution in [3.05, 3.63) is 0 Å². The maximum atomic E-state index is 11.6. The van der Waals surface area contributed by atoms with Gasteiger partial charge in [0.1, 0.15) is 0 Å². The number of hydrogen-bond acceptors (Lipinski definition) is 3. The third kappa shape index (κ3) is 16.3. The molecule has 0 heterocycles. The summed E-state index contributed by atoms with van der Waals surface area (Å²) in [4.78, 5) is 27.0. The van der Waals surface area contributed by atoms with Gasteiger partial charge in [0.05, 0.1) is 0 Å². The molecular weight excluding hydrogens is 289 g/mol. The van der Waals surface area contributed by atoms with E-state index in [2.05, 4.69) is 6.92 Å². The van der Waals surface area contributed by atoms with Crippen molar-refractivity contribution in [1.29, 1.82) is 0 Å². The Morgan fingerprint density at radius 2 is 1.23 bits per heavy atom. The van der Waals surface area contributed by atoms with Gasteiger partial charge < -0.3 is 4.84 Å². The number of unbranched alkanes of at least 4 members (excludes halogenated alkanes) is 10. The topological polar surface area (TPSA) is 46.6 Å². The molecule has 0 fully saturated rings. The van der Waals surface area contributed by atoms with Crippen molar-refractivity contribution in [2.75, 3.05) is 7.05 Å². The number of amides is 1. The van der Waals surface area contributed by atoms with Gasteiger partial charge in [-0.3, -0.25) is 9.59 Å². The molecule has 0 aromatic rings. The second kappa shape index (κ2) is 17.3. The molecular formula is C17H34NNaO3. The van der Waals surface area contributed by atoms with Crippen LogP contribution in [0.15, 0.2) is 0 Å². The quantitative estimate of drug-likeness (QED) is 0.310. The molecule has 1 amide bonds. The summed E-state index contributed by atoms with van der Waals surface area (Å²) in [5.74, 6) is -0.578. The van der Waals surface area contributed by atoms with Crippen molar-refractivity contribution in [1.82, 2.24) is 5.06 Å². The minimum atomic E-state index is -0.454. The van der Waals surface area contributed by atoms with Gasteiger partial charge >= 0.3 is 35.5 Å². The molecule has 0 radical (unpaired) electrons. The summed E-state index contributed by atoms with van der Waals surface area (Å²) >= 11 is 0. The van der Waals surface area contributed by atoms with Gasteiger partial charge in [-0.1, -0.05) is 71.1 Å². The van der Waals surface area contributed by atoms with Crippen LogP contribution in [0, 0.1) is 0 Å². The van der Waals surface area contributed by atoms with E-state index in [-0.39, 0.29) is 35.5 Å². The van der Waals surface area contributed by atoms with Crippen molar-refractivity contribution in [2.45, 2.75) is 90.9 Å². The summed E-state index contributed by atoms with van der Waals surface area (Å²) in [5.41, 5.74) is 0. The van der Waals surface area contributed by atoms with E-state index in [0.29, 0.717) is 6.42 Å². The molecule has 0 unspecified atom stereocenters. The van der Waals surface area contributed by atoms with E-state index < -0.39 is 5.97 Å². The first kappa shape index (κ1) is 24.2. The van der Waals surface area contributed by atoms with Crippen LogP contribution in [-0.4, -0.2) is 53.5 Å². The minimum absolute atomic E-state index is 0. The fraction of sp³-hybridized carbons (Fsp3) is 0.882. The van der Waals surface area contributed by atoms with Crippen LogP contribution in [0.4, 0.5) is 0 Å². The Kier molecular flexibility index (Phi) is 19.0. The normalized spacial score (nSPS) is 9.95. The van der Waals surface area contributed by atoms with Crippen LogP contribution < -0.4 is 0 Å². The summed E-state index contributed by atoms with van der Waals surface area (Å²) in [5, 5.41) is 1.04. The van der Waals surface area contributed by atoms with Gasteiger partial charge in [0.2, 0.25) is 0 Å². The van der Waals surface area contributed by atoms with E-state index >= 15 is 0 Å². The molecule has 0 aliphatic rings. The number of carbonyl (C=O) groups is 2. The Balaban J connectivity index is 0. The number of hydroxylamine groups is 2. The van der Waals surface area contributed by atoms with E-state index in [1.807, 2.05) is 0 Å². The molecule has 5 heteroatoms. The third-order valence-electron chi connectivity index (χ3n) is 3.61. The van der Waals surface area contributed by atoms with Crippen molar-refractivity contribution in [3.8, 4) is 0 Å². The fourth-order valence-corrected chi connectivity index (χ4v) is 2.34. The molecule has 126 valence electrons. The Hall–Kier alpha value is -0.0600. The van der Waals surface area contributed by atoms with Gasteiger partial charge in [0, 0.05) is 20.4 Å². The van der Waals surface area contributed by atoms with Crippen molar-refractivity contribution < 1.29 is 14.4 Å². The number of nitrogens with zero attached hydrogens (tertiary/aromatic N) is 1. The van der Waals surface area contributed by atoms with Crippen LogP contribution >= 0.6 is 0 Å². The average Bonchev–Trinajstić information content (AvgIpc) is 2.43. The molecule has 0 saturated carbocycles. The van der Waals surface area contributed by atoms with Crippen LogP contribution in [0.2, 0.25) is 0 Å². The van der Waals surface area contributed by atoms with E-state index in [9.17, 15) is 9.59 Å². The molecule has 4 nitrogen and oxygen atoms in total. The first-order chi connectivity index (χ1) is 10.1. The zero-order chi connectivity index (χ0) is 15.9. The Morgan fingerprint density at radius 3 is 1.64 bits per heavy atom. The van der Waals surface area contributed by atoms with Crippen molar-refractivity contribution >= 4 is 41.4 Å². The van der Waals surface area contributed by atoms with Crippen LogP contribution in [0.1, 0.15) is 90.9 Å². The standard InChI is InChI=1S/C17H33NO3.Na.H/c1-4-5-6-7-8-9-10-11-12-13-14-15-17(20)18(3)21-16(2)19;;/h4-15H2,1-3H3;;. The van der Waals surface area contributed by atoms with Crippen molar-refractivity contribution in [3.63, 3.8) is 0 Å². The summed E-state index contributed by atoms with van der Waals surface area (Å²) in [6, 6.07) is 0. The molecule has 0 N–H and O–H groups in total. The van der Waals surface area contributed by atoms with Gasteiger partial charge in [0.15, 0.2) is 0 Å². The zero-order valence-corrected chi connectivity index (χ0v) is 14.2. The number of hydrogen-bond donors (Lipinski definition) is 0. The molecule has 0 aliphatic heterocycles. The zero-order valence-electron chi connectivity index (χ0n) is 14.2. The molecule has 0 saturated heterocycles. The molecule has 22 heavy (non-hydrogen) atoms. The van der Waals surface area contributed by atoms with Crippen LogP contribution in [0.25, 0.3) is 0 Å². The first-order valence-corrected chi connectivity index (χ1v) is 8.53. The van der Waals surface area contributed by atoms with Crippen LogP contribution in [-0.2, 0) is 14.4 Å². The van der Waals surface area contributed by atoms with E-state index in [4.69, 9.17) is 4.84 Å². The Labute approximate surface area is 158 Å². The first-order valence-electron chi connectivity index (χ1n) is 8.53. The van der Waals surface area contributed by atoms with Gasteiger partial charge in [-0.2, -0.15) is 5.06 Å².